The zero-order valence-corrected chi connectivity index (χ0v) is 17.0. The Morgan fingerprint density at radius 3 is 2.55 bits per heavy atom. The van der Waals surface area contributed by atoms with Crippen LogP contribution < -0.4 is 10.8 Å². The number of amides is 3. The first-order valence-corrected chi connectivity index (χ1v) is 10.5. The summed E-state index contributed by atoms with van der Waals surface area (Å²) >= 11 is 0. The van der Waals surface area contributed by atoms with Crippen LogP contribution in [0.1, 0.15) is 50.5 Å². The number of benzene rings is 1. The van der Waals surface area contributed by atoms with Gasteiger partial charge in [0, 0.05) is 26.4 Å². The summed E-state index contributed by atoms with van der Waals surface area (Å²) in [5, 5.41) is 11.7. The molecule has 7 nitrogen and oxygen atoms in total. The maximum atomic E-state index is 13.6. The van der Waals surface area contributed by atoms with Gasteiger partial charge in [-0.2, -0.15) is 0 Å². The van der Waals surface area contributed by atoms with Crippen molar-refractivity contribution in [3.05, 3.63) is 35.9 Å². The topological polar surface area (TPSA) is 98.7 Å². The van der Waals surface area contributed by atoms with Crippen LogP contribution >= 0.6 is 0 Å². The predicted molar refractivity (Wildman–Crippen MR) is 108 cm³/mol. The van der Waals surface area contributed by atoms with Crippen molar-refractivity contribution in [2.45, 2.75) is 57.4 Å². The molecule has 0 radical (unpaired) electrons. The molecule has 0 unspecified atom stereocenters. The van der Waals surface area contributed by atoms with Gasteiger partial charge in [0.2, 0.25) is 17.7 Å². The van der Waals surface area contributed by atoms with E-state index in [-0.39, 0.29) is 18.2 Å². The molecule has 0 aromatic heterocycles. The molecular weight excluding hydrogens is 370 g/mol. The van der Waals surface area contributed by atoms with Gasteiger partial charge in [0.25, 0.3) is 0 Å². The van der Waals surface area contributed by atoms with E-state index in [9.17, 15) is 14.4 Å². The Balaban J connectivity index is 1.84. The van der Waals surface area contributed by atoms with Crippen molar-refractivity contribution >= 4 is 17.7 Å². The van der Waals surface area contributed by atoms with Crippen LogP contribution in [0.5, 0.6) is 0 Å². The lowest BCUT2D eigenvalue weighted by Gasteiger charge is -2.32. The maximum Gasteiger partial charge on any atom is 0.244 e. The van der Waals surface area contributed by atoms with Crippen LogP contribution in [0, 0.1) is 11.3 Å². The van der Waals surface area contributed by atoms with Gasteiger partial charge in [0.1, 0.15) is 6.04 Å². The summed E-state index contributed by atoms with van der Waals surface area (Å²) in [7, 11) is 1.58. The summed E-state index contributed by atoms with van der Waals surface area (Å²) in [5.74, 6) is -0.473. The SMILES string of the molecule is CNC(=O)[C@H](Cc1ccccc1)N1CC[C@](CC(=O)NO)(CC2CCCC2)C1=O. The highest BCUT2D eigenvalue weighted by Gasteiger charge is 2.51. The Kier molecular flexibility index (Phi) is 6.90. The molecule has 2 fully saturated rings. The Labute approximate surface area is 171 Å². The molecule has 7 heteroatoms. The number of rotatable bonds is 8. The lowest BCUT2D eigenvalue weighted by atomic mass is 9.74. The van der Waals surface area contributed by atoms with E-state index in [1.165, 1.54) is 0 Å². The fourth-order valence-electron chi connectivity index (χ4n) is 5.03. The largest absolute Gasteiger partial charge is 0.357 e. The average Bonchev–Trinajstić information content (AvgIpc) is 3.35. The zero-order valence-electron chi connectivity index (χ0n) is 17.0. The highest BCUT2D eigenvalue weighted by molar-refractivity contribution is 5.94. The summed E-state index contributed by atoms with van der Waals surface area (Å²) < 4.78 is 0. The molecule has 3 amide bonds. The molecule has 0 bridgehead atoms. The standard InChI is InChI=1S/C22H31N3O4/c1-23-20(27)18(13-16-7-3-2-4-8-16)25-12-11-22(21(25)28,15-19(26)24-29)14-17-9-5-6-10-17/h2-4,7-8,17-18,29H,5-6,9-15H2,1H3,(H,23,27)(H,24,26)/t18-,22+/m0/s1. The summed E-state index contributed by atoms with van der Waals surface area (Å²) in [5.41, 5.74) is 1.83. The van der Waals surface area contributed by atoms with E-state index in [0.29, 0.717) is 31.7 Å². The first-order chi connectivity index (χ1) is 14.0. The minimum absolute atomic E-state index is 0.0405. The molecule has 1 aromatic carbocycles. The van der Waals surface area contributed by atoms with Crippen LogP contribution in [-0.4, -0.2) is 47.5 Å². The minimum atomic E-state index is -0.842. The summed E-state index contributed by atoms with van der Waals surface area (Å²) in [6, 6.07) is 9.02. The van der Waals surface area contributed by atoms with Gasteiger partial charge in [-0.05, 0) is 24.3 Å². The third-order valence-corrected chi connectivity index (χ3v) is 6.52. The first kappa shape index (κ1) is 21.3. The average molecular weight is 402 g/mol. The quantitative estimate of drug-likeness (QED) is 0.459. The monoisotopic (exact) mass is 401 g/mol. The molecule has 1 saturated carbocycles. The third-order valence-electron chi connectivity index (χ3n) is 6.52. The number of carbonyl (C=O) groups excluding carboxylic acids is 3. The molecule has 1 aliphatic carbocycles. The molecule has 2 atom stereocenters. The van der Waals surface area contributed by atoms with Crippen molar-refractivity contribution in [1.82, 2.24) is 15.7 Å². The van der Waals surface area contributed by atoms with Gasteiger partial charge in [-0.1, -0.05) is 56.0 Å². The number of hydrogen-bond acceptors (Lipinski definition) is 4. The molecule has 1 heterocycles. The molecule has 3 N–H and O–H groups in total. The Morgan fingerprint density at radius 2 is 1.93 bits per heavy atom. The molecule has 1 saturated heterocycles. The number of nitrogens with one attached hydrogen (secondary N) is 2. The van der Waals surface area contributed by atoms with Crippen molar-refractivity contribution in [3.63, 3.8) is 0 Å². The summed E-state index contributed by atoms with van der Waals surface area (Å²) in [6.45, 7) is 0.440. The van der Waals surface area contributed by atoms with E-state index in [1.54, 1.807) is 17.4 Å². The van der Waals surface area contributed by atoms with Crippen LogP contribution in [0.15, 0.2) is 30.3 Å². The van der Waals surface area contributed by atoms with Gasteiger partial charge in [0.15, 0.2) is 0 Å². The van der Waals surface area contributed by atoms with Crippen LogP contribution in [-0.2, 0) is 20.8 Å². The molecular formula is C22H31N3O4. The smallest absolute Gasteiger partial charge is 0.244 e. The normalized spacial score (nSPS) is 23.2. The predicted octanol–water partition coefficient (Wildman–Crippen LogP) is 2.04. The van der Waals surface area contributed by atoms with Gasteiger partial charge in [-0.15, -0.1) is 0 Å². The van der Waals surface area contributed by atoms with Gasteiger partial charge in [-0.3, -0.25) is 19.6 Å². The minimum Gasteiger partial charge on any atom is -0.357 e. The number of hydroxylamine groups is 1. The Morgan fingerprint density at radius 1 is 1.24 bits per heavy atom. The second-order valence-electron chi connectivity index (χ2n) is 8.42. The van der Waals surface area contributed by atoms with Crippen molar-refractivity contribution in [3.8, 4) is 0 Å². The molecule has 29 heavy (non-hydrogen) atoms. The van der Waals surface area contributed by atoms with E-state index >= 15 is 0 Å². The lowest BCUT2D eigenvalue weighted by Crippen LogP contribution is -2.50. The number of likely N-dealkylation sites (N-methyl/N-ethyl adjacent to an activating group) is 1. The highest BCUT2D eigenvalue weighted by atomic mass is 16.5. The summed E-state index contributed by atoms with van der Waals surface area (Å²) in [4.78, 5) is 39.9. The molecule has 158 valence electrons. The molecule has 2 aliphatic rings. The number of hydrogen-bond donors (Lipinski definition) is 3. The van der Waals surface area contributed by atoms with Gasteiger partial charge in [-0.25, -0.2) is 5.48 Å². The fourth-order valence-corrected chi connectivity index (χ4v) is 5.03. The van der Waals surface area contributed by atoms with Gasteiger partial charge >= 0.3 is 0 Å². The third kappa shape index (κ3) is 4.78. The first-order valence-electron chi connectivity index (χ1n) is 10.5. The van der Waals surface area contributed by atoms with E-state index in [0.717, 1.165) is 31.2 Å². The van der Waals surface area contributed by atoms with E-state index in [2.05, 4.69) is 5.32 Å². The van der Waals surface area contributed by atoms with E-state index in [1.807, 2.05) is 30.3 Å². The van der Waals surface area contributed by atoms with Crippen LogP contribution in [0.25, 0.3) is 0 Å². The second kappa shape index (κ2) is 9.39. The van der Waals surface area contributed by atoms with E-state index in [4.69, 9.17) is 5.21 Å². The number of carbonyl (C=O) groups is 3. The number of nitrogens with zero attached hydrogens (tertiary/aromatic N) is 1. The zero-order chi connectivity index (χ0) is 20.9. The fraction of sp³-hybridized carbons (Fsp3) is 0.591. The van der Waals surface area contributed by atoms with Crippen LogP contribution in [0.4, 0.5) is 0 Å². The molecule has 3 rings (SSSR count). The van der Waals surface area contributed by atoms with Crippen molar-refractivity contribution in [2.24, 2.45) is 11.3 Å². The van der Waals surface area contributed by atoms with Crippen molar-refractivity contribution in [1.29, 1.82) is 0 Å². The summed E-state index contributed by atoms with van der Waals surface area (Å²) in [6.07, 6.45) is 6.00. The molecule has 0 spiro atoms. The van der Waals surface area contributed by atoms with E-state index < -0.39 is 17.4 Å². The maximum absolute atomic E-state index is 13.6. The Bertz CT molecular complexity index is 733. The lowest BCUT2D eigenvalue weighted by molar-refractivity contribution is -0.147. The van der Waals surface area contributed by atoms with Crippen LogP contribution in [0.2, 0.25) is 0 Å². The molecule has 1 aliphatic heterocycles. The number of likely N-dealkylation sites (tertiary alicyclic amines) is 1. The van der Waals surface area contributed by atoms with Crippen molar-refractivity contribution < 1.29 is 19.6 Å². The second-order valence-corrected chi connectivity index (χ2v) is 8.42. The Hall–Kier alpha value is -2.41. The highest BCUT2D eigenvalue weighted by Crippen LogP contribution is 2.45. The van der Waals surface area contributed by atoms with Gasteiger partial charge in [0.05, 0.1) is 5.41 Å². The van der Waals surface area contributed by atoms with Gasteiger partial charge < -0.3 is 10.2 Å². The molecule has 1 aromatic rings. The van der Waals surface area contributed by atoms with Crippen molar-refractivity contribution in [2.75, 3.05) is 13.6 Å². The van der Waals surface area contributed by atoms with Crippen LogP contribution in [0.3, 0.4) is 0 Å².